The van der Waals surface area contributed by atoms with Crippen molar-refractivity contribution in [2.75, 3.05) is 6.54 Å². The van der Waals surface area contributed by atoms with Crippen LogP contribution in [-0.2, 0) is 12.8 Å². The van der Waals surface area contributed by atoms with Crippen LogP contribution in [0.25, 0.3) is 0 Å². The Morgan fingerprint density at radius 1 is 1.35 bits per heavy atom. The first-order chi connectivity index (χ1) is 9.56. The van der Waals surface area contributed by atoms with E-state index in [0.29, 0.717) is 36.5 Å². The van der Waals surface area contributed by atoms with E-state index in [9.17, 15) is 0 Å². The molecule has 5 nitrogen and oxygen atoms in total. The van der Waals surface area contributed by atoms with Crippen molar-refractivity contribution in [2.45, 2.75) is 40.0 Å². The smallest absolute Gasteiger partial charge is 0.226 e. The van der Waals surface area contributed by atoms with E-state index in [-0.39, 0.29) is 0 Å². The maximum absolute atomic E-state index is 5.80. The van der Waals surface area contributed by atoms with Crippen LogP contribution in [0, 0.1) is 18.8 Å². The molecular weight excluding hydrogens is 272 g/mol. The summed E-state index contributed by atoms with van der Waals surface area (Å²) in [6, 6.07) is 0. The van der Waals surface area contributed by atoms with E-state index in [1.165, 1.54) is 0 Å². The zero-order chi connectivity index (χ0) is 14.5. The number of rotatable bonds is 7. The number of aromatic nitrogens is 3. The molecule has 0 fully saturated rings. The maximum Gasteiger partial charge on any atom is 0.226 e. The first-order valence-electron chi connectivity index (χ1n) is 6.99. The molecule has 0 amide bonds. The monoisotopic (exact) mass is 294 g/mol. The van der Waals surface area contributed by atoms with E-state index >= 15 is 0 Å². The summed E-state index contributed by atoms with van der Waals surface area (Å²) in [6.45, 7) is 7.05. The Kier molecular flexibility index (Phi) is 5.25. The largest absolute Gasteiger partial charge is 0.339 e. The highest BCUT2D eigenvalue weighted by molar-refractivity contribution is 7.09. The highest BCUT2D eigenvalue weighted by Crippen LogP contribution is 2.16. The summed E-state index contributed by atoms with van der Waals surface area (Å²) in [5, 5.41) is 7.12. The summed E-state index contributed by atoms with van der Waals surface area (Å²) in [5.41, 5.74) is 6.80. The molecule has 2 aromatic heterocycles. The van der Waals surface area contributed by atoms with Crippen molar-refractivity contribution in [3.05, 3.63) is 27.8 Å². The average Bonchev–Trinajstić information content (AvgIpc) is 2.98. The highest BCUT2D eigenvalue weighted by Gasteiger charge is 2.15. The Morgan fingerprint density at radius 2 is 2.15 bits per heavy atom. The van der Waals surface area contributed by atoms with Crippen LogP contribution in [0.1, 0.15) is 42.7 Å². The lowest BCUT2D eigenvalue weighted by atomic mass is 9.94. The molecule has 110 valence electrons. The number of hydrogen-bond acceptors (Lipinski definition) is 6. The van der Waals surface area contributed by atoms with Gasteiger partial charge in [0.2, 0.25) is 5.89 Å². The lowest BCUT2D eigenvalue weighted by Crippen LogP contribution is -2.19. The molecule has 0 aliphatic heterocycles. The molecule has 2 aromatic rings. The van der Waals surface area contributed by atoms with Gasteiger partial charge in [0.15, 0.2) is 5.82 Å². The molecule has 0 saturated carbocycles. The predicted octanol–water partition coefficient (Wildman–Crippen LogP) is 2.59. The third-order valence-corrected chi connectivity index (χ3v) is 3.94. The summed E-state index contributed by atoms with van der Waals surface area (Å²) in [7, 11) is 0. The quantitative estimate of drug-likeness (QED) is 0.849. The van der Waals surface area contributed by atoms with Gasteiger partial charge in [0.05, 0.1) is 17.1 Å². The Morgan fingerprint density at radius 3 is 2.75 bits per heavy atom. The summed E-state index contributed by atoms with van der Waals surface area (Å²) in [4.78, 5) is 8.85. The fourth-order valence-corrected chi connectivity index (χ4v) is 2.89. The molecule has 0 aliphatic rings. The van der Waals surface area contributed by atoms with Crippen molar-refractivity contribution in [2.24, 2.45) is 17.6 Å². The summed E-state index contributed by atoms with van der Waals surface area (Å²) >= 11 is 1.64. The Hall–Kier alpha value is -1.27. The Balaban J connectivity index is 1.94. The summed E-state index contributed by atoms with van der Waals surface area (Å²) in [5.74, 6) is 2.42. The first-order valence-corrected chi connectivity index (χ1v) is 7.87. The molecule has 6 heteroatoms. The standard InChI is InChI=1S/C14H22N4OS/c1-9(2)4-11(7-15)5-14-17-13(18-19-14)6-12-8-20-10(3)16-12/h8-9,11H,4-7,15H2,1-3H3. The second kappa shape index (κ2) is 6.95. The molecule has 0 bridgehead atoms. The van der Waals surface area contributed by atoms with Gasteiger partial charge in [0.1, 0.15) is 0 Å². The Labute approximate surface area is 123 Å². The third-order valence-electron chi connectivity index (χ3n) is 3.12. The van der Waals surface area contributed by atoms with Crippen LogP contribution in [0.3, 0.4) is 0 Å². The van der Waals surface area contributed by atoms with Crippen molar-refractivity contribution >= 4 is 11.3 Å². The van der Waals surface area contributed by atoms with Crippen LogP contribution in [0.15, 0.2) is 9.90 Å². The Bertz CT molecular complexity index is 535. The highest BCUT2D eigenvalue weighted by atomic mass is 32.1. The van der Waals surface area contributed by atoms with Gasteiger partial charge in [-0.25, -0.2) is 4.98 Å². The lowest BCUT2D eigenvalue weighted by molar-refractivity contribution is 0.329. The fourth-order valence-electron chi connectivity index (χ4n) is 2.27. The van der Waals surface area contributed by atoms with E-state index in [0.717, 1.165) is 23.5 Å². The average molecular weight is 294 g/mol. The second-order valence-electron chi connectivity index (χ2n) is 5.57. The minimum Gasteiger partial charge on any atom is -0.339 e. The molecule has 1 unspecified atom stereocenters. The number of aryl methyl sites for hydroxylation is 1. The normalized spacial score (nSPS) is 13.1. The van der Waals surface area contributed by atoms with Crippen LogP contribution < -0.4 is 5.73 Å². The van der Waals surface area contributed by atoms with Crippen molar-refractivity contribution in [1.29, 1.82) is 0 Å². The molecule has 0 aromatic carbocycles. The third kappa shape index (κ3) is 4.38. The number of nitrogens with zero attached hydrogens (tertiary/aromatic N) is 3. The van der Waals surface area contributed by atoms with Gasteiger partial charge in [-0.1, -0.05) is 19.0 Å². The van der Waals surface area contributed by atoms with Gasteiger partial charge in [0.25, 0.3) is 0 Å². The van der Waals surface area contributed by atoms with Crippen LogP contribution >= 0.6 is 11.3 Å². The van der Waals surface area contributed by atoms with E-state index in [4.69, 9.17) is 10.3 Å². The predicted molar refractivity (Wildman–Crippen MR) is 79.7 cm³/mol. The molecule has 2 heterocycles. The van der Waals surface area contributed by atoms with Crippen LogP contribution in [0.2, 0.25) is 0 Å². The van der Waals surface area contributed by atoms with Gasteiger partial charge in [0, 0.05) is 11.8 Å². The molecule has 0 spiro atoms. The zero-order valence-corrected chi connectivity index (χ0v) is 13.1. The van der Waals surface area contributed by atoms with Gasteiger partial charge in [-0.3, -0.25) is 0 Å². The molecule has 1 atom stereocenters. The number of thiazole rings is 1. The lowest BCUT2D eigenvalue weighted by Gasteiger charge is -2.14. The second-order valence-corrected chi connectivity index (χ2v) is 6.64. The number of nitrogens with two attached hydrogens (primary N) is 1. The van der Waals surface area contributed by atoms with E-state index in [1.807, 2.05) is 12.3 Å². The SMILES string of the molecule is Cc1nc(Cc2noc(CC(CN)CC(C)C)n2)cs1. The van der Waals surface area contributed by atoms with Crippen LogP contribution in [-0.4, -0.2) is 21.7 Å². The van der Waals surface area contributed by atoms with Gasteiger partial charge >= 0.3 is 0 Å². The van der Waals surface area contributed by atoms with Crippen molar-refractivity contribution in [3.63, 3.8) is 0 Å². The fraction of sp³-hybridized carbons (Fsp3) is 0.643. The number of hydrogen-bond donors (Lipinski definition) is 1. The van der Waals surface area contributed by atoms with Gasteiger partial charge < -0.3 is 10.3 Å². The van der Waals surface area contributed by atoms with E-state index in [2.05, 4.69) is 29.0 Å². The molecule has 0 aliphatic carbocycles. The minimum atomic E-state index is 0.407. The van der Waals surface area contributed by atoms with E-state index in [1.54, 1.807) is 11.3 Å². The first kappa shape index (κ1) is 15.1. The van der Waals surface area contributed by atoms with E-state index < -0.39 is 0 Å². The molecule has 20 heavy (non-hydrogen) atoms. The van der Waals surface area contributed by atoms with Gasteiger partial charge in [-0.2, -0.15) is 4.98 Å². The van der Waals surface area contributed by atoms with Gasteiger partial charge in [-0.15, -0.1) is 11.3 Å². The maximum atomic E-state index is 5.80. The van der Waals surface area contributed by atoms with Crippen LogP contribution in [0.5, 0.6) is 0 Å². The van der Waals surface area contributed by atoms with Crippen molar-refractivity contribution in [3.8, 4) is 0 Å². The van der Waals surface area contributed by atoms with Crippen LogP contribution in [0.4, 0.5) is 0 Å². The molecule has 2 rings (SSSR count). The van der Waals surface area contributed by atoms with Gasteiger partial charge in [-0.05, 0) is 31.7 Å². The molecule has 0 radical (unpaired) electrons. The summed E-state index contributed by atoms with van der Waals surface area (Å²) in [6.07, 6.45) is 2.47. The molecular formula is C14H22N4OS. The molecule has 0 saturated heterocycles. The topological polar surface area (TPSA) is 77.8 Å². The minimum absolute atomic E-state index is 0.407. The zero-order valence-electron chi connectivity index (χ0n) is 12.3. The van der Waals surface area contributed by atoms with Crippen molar-refractivity contribution < 1.29 is 4.52 Å². The van der Waals surface area contributed by atoms with Crippen molar-refractivity contribution in [1.82, 2.24) is 15.1 Å². The molecule has 2 N–H and O–H groups in total. The summed E-state index contributed by atoms with van der Waals surface area (Å²) < 4.78 is 5.32.